The molecule has 1 aromatic carbocycles. The normalized spacial score (nSPS) is 19.7. The maximum absolute atomic E-state index is 13.0. The Labute approximate surface area is 187 Å². The van der Waals surface area contributed by atoms with Crippen molar-refractivity contribution in [3.8, 4) is 16.9 Å². The minimum atomic E-state index is -4.76. The lowest BCUT2D eigenvalue weighted by Gasteiger charge is -2.43. The smallest absolute Gasteiger partial charge is 0.406 e. The first kappa shape index (κ1) is 21.2. The average Bonchev–Trinajstić information content (AvgIpc) is 2.79. The number of fused-ring (bicyclic) bond motifs is 4. The summed E-state index contributed by atoms with van der Waals surface area (Å²) in [4.78, 5) is 31.5. The highest BCUT2D eigenvalue weighted by Crippen LogP contribution is 2.40. The van der Waals surface area contributed by atoms with Gasteiger partial charge in [0.2, 0.25) is 0 Å². The van der Waals surface area contributed by atoms with E-state index in [1.807, 2.05) is 4.90 Å². The molecule has 9 heteroatoms. The van der Waals surface area contributed by atoms with Crippen molar-refractivity contribution in [1.82, 2.24) is 14.5 Å². The molecule has 0 N–H and O–H groups in total. The molecule has 0 radical (unpaired) electrons. The van der Waals surface area contributed by atoms with E-state index >= 15 is 0 Å². The van der Waals surface area contributed by atoms with E-state index in [0.29, 0.717) is 30.8 Å². The van der Waals surface area contributed by atoms with Gasteiger partial charge >= 0.3 is 6.36 Å². The molecular formula is C24H20F3N3O3. The predicted octanol–water partition coefficient (Wildman–Crippen LogP) is 4.07. The topological polar surface area (TPSA) is 64.4 Å². The number of hydrogen-bond acceptors (Lipinski definition) is 4. The van der Waals surface area contributed by atoms with Gasteiger partial charge in [-0.1, -0.05) is 12.1 Å². The molecular weight excluding hydrogens is 435 g/mol. The quantitative estimate of drug-likeness (QED) is 0.597. The predicted molar refractivity (Wildman–Crippen MR) is 114 cm³/mol. The van der Waals surface area contributed by atoms with Crippen LogP contribution >= 0.6 is 0 Å². The molecule has 1 saturated heterocycles. The molecule has 5 rings (SSSR count). The Kier molecular flexibility index (Phi) is 5.19. The van der Waals surface area contributed by atoms with Crippen LogP contribution < -0.4 is 10.3 Å². The van der Waals surface area contributed by atoms with Crippen molar-refractivity contribution in [3.63, 3.8) is 0 Å². The van der Waals surface area contributed by atoms with Gasteiger partial charge < -0.3 is 14.2 Å². The summed E-state index contributed by atoms with van der Waals surface area (Å²) in [7, 11) is 0. The van der Waals surface area contributed by atoms with Crippen LogP contribution in [0.15, 0.2) is 65.7 Å². The van der Waals surface area contributed by atoms with Crippen LogP contribution in [-0.4, -0.2) is 39.8 Å². The first-order valence-corrected chi connectivity index (χ1v) is 10.6. The summed E-state index contributed by atoms with van der Waals surface area (Å²) >= 11 is 0. The SMILES string of the molecule is O=C(c1ccncc1)N1C[C@@H]2C[C@@H](C1)c1c(-c3ccc(OC(F)(F)F)cc3)ccc(=O)n1C2. The van der Waals surface area contributed by atoms with Crippen LogP contribution in [-0.2, 0) is 6.54 Å². The summed E-state index contributed by atoms with van der Waals surface area (Å²) in [5.41, 5.74) is 2.72. The number of alkyl halides is 3. The molecule has 0 saturated carbocycles. The second-order valence-electron chi connectivity index (χ2n) is 8.40. The molecule has 2 aliphatic heterocycles. The number of benzene rings is 1. The first-order valence-electron chi connectivity index (χ1n) is 10.6. The lowest BCUT2D eigenvalue weighted by molar-refractivity contribution is -0.274. The average molecular weight is 455 g/mol. The van der Waals surface area contributed by atoms with E-state index in [1.165, 1.54) is 18.2 Å². The zero-order chi connectivity index (χ0) is 23.2. The number of ether oxygens (including phenoxy) is 1. The van der Waals surface area contributed by atoms with E-state index in [1.54, 1.807) is 47.3 Å². The number of rotatable bonds is 3. The van der Waals surface area contributed by atoms with Crippen molar-refractivity contribution in [2.45, 2.75) is 25.2 Å². The molecule has 2 bridgehead atoms. The van der Waals surface area contributed by atoms with Gasteiger partial charge in [0.15, 0.2) is 0 Å². The van der Waals surface area contributed by atoms with Gasteiger partial charge in [-0.2, -0.15) is 0 Å². The molecule has 6 nitrogen and oxygen atoms in total. The number of carbonyl (C=O) groups excluding carboxylic acids is 1. The fraction of sp³-hybridized carbons (Fsp3) is 0.292. The Morgan fingerprint density at radius 2 is 1.70 bits per heavy atom. The fourth-order valence-corrected chi connectivity index (χ4v) is 4.94. The van der Waals surface area contributed by atoms with Gasteiger partial charge in [0, 0.05) is 60.8 Å². The summed E-state index contributed by atoms with van der Waals surface area (Å²) in [5, 5.41) is 0. The number of halogens is 3. The molecule has 3 aromatic rings. The number of likely N-dealkylation sites (tertiary alicyclic amines) is 1. The van der Waals surface area contributed by atoms with Crippen LogP contribution in [0.3, 0.4) is 0 Å². The van der Waals surface area contributed by atoms with Gasteiger partial charge in [-0.25, -0.2) is 0 Å². The van der Waals surface area contributed by atoms with Crippen molar-refractivity contribution in [3.05, 3.63) is 82.5 Å². The zero-order valence-electron chi connectivity index (χ0n) is 17.5. The molecule has 4 heterocycles. The number of pyridine rings is 2. The van der Waals surface area contributed by atoms with Gasteiger partial charge in [-0.15, -0.1) is 13.2 Å². The summed E-state index contributed by atoms with van der Waals surface area (Å²) in [6.45, 7) is 1.52. The molecule has 2 atom stereocenters. The van der Waals surface area contributed by atoms with Crippen LogP contribution in [0, 0.1) is 5.92 Å². The molecule has 0 spiro atoms. The van der Waals surface area contributed by atoms with Crippen LogP contribution in [0.25, 0.3) is 11.1 Å². The standard InChI is InChI=1S/C24H20F3N3O3/c25-24(26,27)33-19-3-1-16(2-4-19)20-5-6-21(31)30-13-15-11-18(22(20)30)14-29(12-15)23(32)17-7-9-28-10-8-17/h1-10,15,18H,11-14H2/t15-,18-/m0/s1. The molecule has 0 unspecified atom stereocenters. The molecule has 33 heavy (non-hydrogen) atoms. The third kappa shape index (κ3) is 4.22. The van der Waals surface area contributed by atoms with E-state index in [9.17, 15) is 22.8 Å². The van der Waals surface area contributed by atoms with Crippen molar-refractivity contribution >= 4 is 5.91 Å². The number of amides is 1. The van der Waals surface area contributed by atoms with E-state index in [-0.39, 0.29) is 29.1 Å². The lowest BCUT2D eigenvalue weighted by atomic mass is 9.80. The Balaban J connectivity index is 1.48. The van der Waals surface area contributed by atoms with Gasteiger partial charge in [-0.3, -0.25) is 14.6 Å². The minimum Gasteiger partial charge on any atom is -0.406 e. The second kappa shape index (κ2) is 8.06. The molecule has 0 aliphatic carbocycles. The van der Waals surface area contributed by atoms with E-state index in [4.69, 9.17) is 0 Å². The summed E-state index contributed by atoms with van der Waals surface area (Å²) in [6, 6.07) is 12.2. The summed E-state index contributed by atoms with van der Waals surface area (Å²) in [6.07, 6.45) is -0.761. The largest absolute Gasteiger partial charge is 0.573 e. The van der Waals surface area contributed by atoms with Crippen LogP contribution in [0.1, 0.15) is 28.4 Å². The lowest BCUT2D eigenvalue weighted by Crippen LogP contribution is -2.49. The summed E-state index contributed by atoms with van der Waals surface area (Å²) < 4.78 is 43.2. The molecule has 1 fully saturated rings. The van der Waals surface area contributed by atoms with Crippen molar-refractivity contribution in [2.75, 3.05) is 13.1 Å². The molecule has 170 valence electrons. The number of nitrogens with zero attached hydrogens (tertiary/aromatic N) is 3. The zero-order valence-corrected chi connectivity index (χ0v) is 17.5. The van der Waals surface area contributed by atoms with Gasteiger partial charge in [0.1, 0.15) is 5.75 Å². The monoisotopic (exact) mass is 455 g/mol. The Morgan fingerprint density at radius 1 is 0.970 bits per heavy atom. The van der Waals surface area contributed by atoms with Crippen LogP contribution in [0.4, 0.5) is 13.2 Å². The van der Waals surface area contributed by atoms with Crippen molar-refractivity contribution in [2.24, 2.45) is 5.92 Å². The number of hydrogen-bond donors (Lipinski definition) is 0. The fourth-order valence-electron chi connectivity index (χ4n) is 4.94. The van der Waals surface area contributed by atoms with Gasteiger partial charge in [0.05, 0.1) is 0 Å². The number of carbonyl (C=O) groups is 1. The maximum Gasteiger partial charge on any atom is 0.573 e. The van der Waals surface area contributed by atoms with E-state index < -0.39 is 6.36 Å². The minimum absolute atomic E-state index is 0.0571. The van der Waals surface area contributed by atoms with Gasteiger partial charge in [-0.05, 0) is 48.2 Å². The first-order chi connectivity index (χ1) is 15.8. The summed E-state index contributed by atoms with van der Waals surface area (Å²) in [5.74, 6) is -0.287. The Hall–Kier alpha value is -3.62. The highest BCUT2D eigenvalue weighted by Gasteiger charge is 2.38. The van der Waals surface area contributed by atoms with Crippen molar-refractivity contribution in [1.29, 1.82) is 0 Å². The maximum atomic E-state index is 13.0. The number of aromatic nitrogens is 2. The molecule has 2 aromatic heterocycles. The van der Waals surface area contributed by atoms with E-state index in [0.717, 1.165) is 17.7 Å². The second-order valence-corrected chi connectivity index (χ2v) is 8.40. The van der Waals surface area contributed by atoms with Gasteiger partial charge in [0.25, 0.3) is 11.5 Å². The highest BCUT2D eigenvalue weighted by atomic mass is 19.4. The Bertz CT molecular complexity index is 1240. The third-order valence-electron chi connectivity index (χ3n) is 6.20. The Morgan fingerprint density at radius 3 is 2.39 bits per heavy atom. The third-order valence-corrected chi connectivity index (χ3v) is 6.20. The van der Waals surface area contributed by atoms with E-state index in [2.05, 4.69) is 9.72 Å². The van der Waals surface area contributed by atoms with Crippen molar-refractivity contribution < 1.29 is 22.7 Å². The molecule has 2 aliphatic rings. The number of piperidine rings is 1. The molecule has 1 amide bonds. The van der Waals surface area contributed by atoms with Crippen LogP contribution in [0.5, 0.6) is 5.75 Å². The van der Waals surface area contributed by atoms with Crippen LogP contribution in [0.2, 0.25) is 0 Å². The highest BCUT2D eigenvalue weighted by molar-refractivity contribution is 5.94.